The van der Waals surface area contributed by atoms with E-state index in [1.54, 1.807) is 6.20 Å². The Morgan fingerprint density at radius 1 is 1.02 bits per heavy atom. The van der Waals surface area contributed by atoms with Crippen LogP contribution >= 0.6 is 0 Å². The van der Waals surface area contributed by atoms with Gasteiger partial charge in [-0.25, -0.2) is 4.39 Å². The summed E-state index contributed by atoms with van der Waals surface area (Å²) in [6.07, 6.45) is 5.83. The monoisotopic (exact) mass is 689 g/mol. The van der Waals surface area contributed by atoms with Gasteiger partial charge in [0.05, 0.1) is 67.4 Å². The number of amides is 1. The standard InChI is InChI=1S/C35H56FN7O6/c1-41(2)10-4-3-8-38-35(45)23-20-43-27-19-29-26(39-25-7-6-21(40-46)16-28(25)48-29)18-30(27)49-34-31(24(36)17-22(32(34)43)33(23)44)37-9-5-11-42-12-14-47-15-13-42/h20-22,24-32,34,37,39H,3-19H2,1-2H3,(H,38,45). The molecule has 0 aromatic rings. The van der Waals surface area contributed by atoms with E-state index in [0.717, 1.165) is 71.5 Å². The number of ketones is 1. The minimum atomic E-state index is -1.28. The molecule has 3 saturated carbocycles. The van der Waals surface area contributed by atoms with Gasteiger partial charge >= 0.3 is 0 Å². The maximum atomic E-state index is 16.3. The van der Waals surface area contributed by atoms with Gasteiger partial charge in [-0.3, -0.25) is 14.5 Å². The first-order valence-electron chi connectivity index (χ1n) is 18.8. The number of unbranched alkanes of at least 4 members (excludes halogenated alkanes) is 1. The summed E-state index contributed by atoms with van der Waals surface area (Å²) >= 11 is 0. The highest BCUT2D eigenvalue weighted by Gasteiger charge is 2.60. The number of ether oxygens (including phenoxy) is 3. The van der Waals surface area contributed by atoms with Crippen LogP contribution in [0.1, 0.15) is 57.8 Å². The van der Waals surface area contributed by atoms with Crippen molar-refractivity contribution in [1.29, 1.82) is 0 Å². The van der Waals surface area contributed by atoms with Crippen LogP contribution in [0, 0.1) is 10.8 Å². The summed E-state index contributed by atoms with van der Waals surface area (Å²) in [7, 11) is 4.04. The van der Waals surface area contributed by atoms with Gasteiger partial charge in [0.2, 0.25) is 0 Å². The lowest BCUT2D eigenvalue weighted by molar-refractivity contribution is -0.222. The first-order valence-corrected chi connectivity index (χ1v) is 18.8. The maximum Gasteiger partial charge on any atom is 0.256 e. The Balaban J connectivity index is 1.09. The molecule has 4 heterocycles. The zero-order chi connectivity index (χ0) is 34.1. The van der Waals surface area contributed by atoms with Crippen molar-refractivity contribution in [3.63, 3.8) is 0 Å². The third-order valence-corrected chi connectivity index (χ3v) is 12.1. The number of fused-ring (bicyclic) bond motifs is 4. The van der Waals surface area contributed by atoms with Gasteiger partial charge in [-0.15, -0.1) is 0 Å². The first-order chi connectivity index (χ1) is 23.8. The van der Waals surface area contributed by atoms with E-state index in [9.17, 15) is 14.5 Å². The van der Waals surface area contributed by atoms with Crippen molar-refractivity contribution in [2.24, 2.45) is 11.1 Å². The van der Waals surface area contributed by atoms with E-state index >= 15 is 4.39 Å². The molecule has 0 aromatic carbocycles. The van der Waals surface area contributed by atoms with Crippen LogP contribution in [-0.2, 0) is 23.8 Å². The number of nitrogens with zero attached hydrogens (tertiary/aromatic N) is 4. The Morgan fingerprint density at radius 2 is 1.84 bits per heavy atom. The van der Waals surface area contributed by atoms with Gasteiger partial charge in [-0.1, -0.05) is 5.18 Å². The molecule has 3 saturated heterocycles. The summed E-state index contributed by atoms with van der Waals surface area (Å²) in [5.41, 5.74) is 0.120. The fraction of sp³-hybridized carbons (Fsp3) is 0.886. The lowest BCUT2D eigenvalue weighted by Gasteiger charge is -2.61. The Labute approximate surface area is 289 Å². The SMILES string of the molecule is CN(C)CCCCNC(=O)C1=CN2C3CC4OC5CC(N=O)CCC5NC4CC3OC3C(NCCCN4CCOCC4)C(F)CC(C1=O)C32. The lowest BCUT2D eigenvalue weighted by atomic mass is 9.69. The fourth-order valence-corrected chi connectivity index (χ4v) is 9.60. The summed E-state index contributed by atoms with van der Waals surface area (Å²) in [5, 5.41) is 13.6. The highest BCUT2D eigenvalue weighted by atomic mass is 19.1. The van der Waals surface area contributed by atoms with E-state index < -0.39 is 24.2 Å². The van der Waals surface area contributed by atoms with Crippen molar-refractivity contribution >= 4 is 11.7 Å². The predicted molar refractivity (Wildman–Crippen MR) is 181 cm³/mol. The highest BCUT2D eigenvalue weighted by molar-refractivity contribution is 6.20. The van der Waals surface area contributed by atoms with E-state index in [1.807, 2.05) is 14.1 Å². The minimum absolute atomic E-state index is 0.0553. The van der Waals surface area contributed by atoms with Crippen LogP contribution in [0.5, 0.6) is 0 Å². The van der Waals surface area contributed by atoms with Gasteiger partial charge in [-0.2, -0.15) is 4.91 Å². The van der Waals surface area contributed by atoms with Crippen molar-refractivity contribution in [2.75, 3.05) is 66.6 Å². The lowest BCUT2D eigenvalue weighted by Crippen LogP contribution is -2.75. The summed E-state index contributed by atoms with van der Waals surface area (Å²) in [6.45, 7) is 6.30. The molecule has 49 heavy (non-hydrogen) atoms. The molecule has 1 amide bonds. The van der Waals surface area contributed by atoms with E-state index in [-0.39, 0.29) is 72.2 Å². The number of nitroso groups, excluding NO2 is 1. The number of Topliss-reactive ketones (excluding diaryl/α,β-unsaturated/α-hetero) is 1. The van der Waals surface area contributed by atoms with Crippen molar-refractivity contribution < 1.29 is 28.2 Å². The van der Waals surface area contributed by atoms with Crippen LogP contribution in [0.25, 0.3) is 0 Å². The number of morpholine rings is 3. The van der Waals surface area contributed by atoms with Crippen LogP contribution in [-0.4, -0.2) is 160 Å². The van der Waals surface area contributed by atoms with E-state index in [0.29, 0.717) is 32.4 Å². The Bertz CT molecular complexity index is 1220. The molecule has 4 aliphatic heterocycles. The molecule has 3 N–H and O–H groups in total. The van der Waals surface area contributed by atoms with Gasteiger partial charge in [-0.05, 0) is 85.1 Å². The second-order valence-corrected chi connectivity index (χ2v) is 15.6. The molecule has 3 aliphatic carbocycles. The van der Waals surface area contributed by atoms with Crippen molar-refractivity contribution in [3.8, 4) is 0 Å². The number of halogens is 1. The average molecular weight is 690 g/mol. The maximum absolute atomic E-state index is 16.3. The van der Waals surface area contributed by atoms with Crippen LogP contribution in [0.3, 0.4) is 0 Å². The van der Waals surface area contributed by atoms with E-state index in [4.69, 9.17) is 14.2 Å². The molecule has 0 bridgehead atoms. The molecule has 13 nitrogen and oxygen atoms in total. The highest BCUT2D eigenvalue weighted by Crippen LogP contribution is 2.47. The van der Waals surface area contributed by atoms with E-state index in [2.05, 4.69) is 35.8 Å². The molecular formula is C35H56FN7O6. The predicted octanol–water partition coefficient (Wildman–Crippen LogP) is 0.963. The molecule has 274 valence electrons. The number of hydrogen-bond donors (Lipinski definition) is 3. The largest absolute Gasteiger partial charge is 0.379 e. The quantitative estimate of drug-likeness (QED) is 0.154. The number of carbonyl (C=O) groups excluding carboxylic acids is 2. The van der Waals surface area contributed by atoms with Crippen molar-refractivity contribution in [2.45, 2.75) is 125 Å². The number of carbonyl (C=O) groups is 2. The topological polar surface area (TPSA) is 137 Å². The van der Waals surface area contributed by atoms with Gasteiger partial charge in [0.15, 0.2) is 5.78 Å². The Morgan fingerprint density at radius 3 is 2.63 bits per heavy atom. The van der Waals surface area contributed by atoms with Crippen molar-refractivity contribution in [3.05, 3.63) is 16.7 Å². The summed E-state index contributed by atoms with van der Waals surface area (Å²) in [5.74, 6) is -1.33. The van der Waals surface area contributed by atoms with Gasteiger partial charge in [0, 0.05) is 50.3 Å². The molecule has 7 aliphatic rings. The zero-order valence-corrected chi connectivity index (χ0v) is 29.1. The average Bonchev–Trinajstić information content (AvgIpc) is 3.10. The molecule has 12 unspecified atom stereocenters. The Hall–Kier alpha value is -2.07. The molecule has 12 atom stereocenters. The van der Waals surface area contributed by atoms with Crippen LogP contribution < -0.4 is 16.0 Å². The summed E-state index contributed by atoms with van der Waals surface area (Å²) < 4.78 is 35.4. The normalized spacial score (nSPS) is 40.4. The molecule has 0 aromatic heterocycles. The second-order valence-electron chi connectivity index (χ2n) is 15.6. The third-order valence-electron chi connectivity index (χ3n) is 12.1. The fourth-order valence-electron chi connectivity index (χ4n) is 9.60. The van der Waals surface area contributed by atoms with Gasteiger partial charge in [0.1, 0.15) is 6.17 Å². The molecule has 14 heteroatoms. The molecule has 7 rings (SSSR count). The van der Waals surface area contributed by atoms with Gasteiger partial charge < -0.3 is 40.0 Å². The summed E-state index contributed by atoms with van der Waals surface area (Å²) in [6, 6.07) is -1.02. The third kappa shape index (κ3) is 7.61. The first kappa shape index (κ1) is 35.3. The molecule has 6 fully saturated rings. The van der Waals surface area contributed by atoms with Crippen LogP contribution in [0.2, 0.25) is 0 Å². The second kappa shape index (κ2) is 15.7. The zero-order valence-electron chi connectivity index (χ0n) is 29.1. The molecule has 0 radical (unpaired) electrons. The van der Waals surface area contributed by atoms with Crippen LogP contribution in [0.4, 0.5) is 4.39 Å². The van der Waals surface area contributed by atoms with Crippen molar-refractivity contribution in [1.82, 2.24) is 30.7 Å². The van der Waals surface area contributed by atoms with Crippen LogP contribution in [0.15, 0.2) is 16.9 Å². The number of hydrogen-bond acceptors (Lipinski definition) is 12. The molecular weight excluding hydrogens is 633 g/mol. The number of rotatable bonds is 12. The minimum Gasteiger partial charge on any atom is -0.379 e. The van der Waals surface area contributed by atoms with E-state index in [1.165, 1.54) is 0 Å². The summed E-state index contributed by atoms with van der Waals surface area (Å²) in [4.78, 5) is 45.6. The number of nitrogens with one attached hydrogen (secondary N) is 3. The Kier molecular flexibility index (Phi) is 11.3. The molecule has 0 spiro atoms. The smallest absolute Gasteiger partial charge is 0.256 e. The number of alkyl halides is 1. The van der Waals surface area contributed by atoms with Gasteiger partial charge in [0.25, 0.3) is 5.91 Å².